The van der Waals surface area contributed by atoms with Gasteiger partial charge in [0.05, 0.1) is 10.2 Å². The van der Waals surface area contributed by atoms with Gasteiger partial charge in [-0.05, 0) is 37.0 Å². The van der Waals surface area contributed by atoms with E-state index in [4.69, 9.17) is 5.41 Å². The first kappa shape index (κ1) is 12.5. The van der Waals surface area contributed by atoms with E-state index >= 15 is 0 Å². The molecule has 1 fully saturated rings. The number of ether oxygens (including phenoxy) is 1. The van der Waals surface area contributed by atoms with Crippen LogP contribution in [0.3, 0.4) is 0 Å². The summed E-state index contributed by atoms with van der Waals surface area (Å²) in [6.45, 7) is 0.776. The van der Waals surface area contributed by atoms with Crippen LogP contribution in [-0.2, 0) is 6.54 Å². The molecule has 0 aliphatic heterocycles. The Morgan fingerprint density at radius 2 is 2.11 bits per heavy atom. The highest BCUT2D eigenvalue weighted by Gasteiger charge is 2.31. The normalized spacial score (nSPS) is 15.9. The van der Waals surface area contributed by atoms with Crippen LogP contribution in [0.5, 0.6) is 5.75 Å². The molecule has 7 heteroatoms. The zero-order valence-electron chi connectivity index (χ0n) is 9.83. The molecule has 1 aromatic heterocycles. The molecule has 3 rings (SSSR count). The largest absolute Gasteiger partial charge is 0.573 e. The molecule has 1 saturated carbocycles. The number of rotatable bonds is 3. The Morgan fingerprint density at radius 3 is 2.74 bits per heavy atom. The maximum absolute atomic E-state index is 12.1. The molecule has 0 saturated heterocycles. The number of aromatic nitrogens is 1. The van der Waals surface area contributed by atoms with E-state index in [1.807, 2.05) is 4.57 Å². The van der Waals surface area contributed by atoms with Gasteiger partial charge < -0.3 is 9.30 Å². The number of benzene rings is 1. The third-order valence-electron chi connectivity index (χ3n) is 3.05. The lowest BCUT2D eigenvalue weighted by molar-refractivity contribution is -0.274. The topological polar surface area (TPSA) is 38.0 Å². The van der Waals surface area contributed by atoms with Gasteiger partial charge >= 0.3 is 6.36 Å². The molecule has 1 heterocycles. The van der Waals surface area contributed by atoms with Crippen LogP contribution in [0.4, 0.5) is 13.2 Å². The van der Waals surface area contributed by atoms with E-state index in [0.29, 0.717) is 15.4 Å². The van der Waals surface area contributed by atoms with E-state index in [1.54, 1.807) is 6.07 Å². The van der Waals surface area contributed by atoms with Gasteiger partial charge in [0, 0.05) is 6.54 Å². The summed E-state index contributed by atoms with van der Waals surface area (Å²) >= 11 is 1.17. The van der Waals surface area contributed by atoms with Gasteiger partial charge in [0.2, 0.25) is 0 Å². The molecule has 0 amide bonds. The van der Waals surface area contributed by atoms with Gasteiger partial charge in [0.15, 0.2) is 4.80 Å². The number of fused-ring (bicyclic) bond motifs is 1. The highest BCUT2D eigenvalue weighted by molar-refractivity contribution is 7.16. The number of hydrogen-bond acceptors (Lipinski definition) is 3. The van der Waals surface area contributed by atoms with Crippen LogP contribution in [0.15, 0.2) is 18.2 Å². The highest BCUT2D eigenvalue weighted by atomic mass is 32.1. The molecule has 3 nitrogen and oxygen atoms in total. The van der Waals surface area contributed by atoms with Crippen LogP contribution in [0.1, 0.15) is 12.8 Å². The van der Waals surface area contributed by atoms with E-state index in [9.17, 15) is 13.2 Å². The Hall–Kier alpha value is -1.50. The van der Waals surface area contributed by atoms with Crippen molar-refractivity contribution in [1.29, 1.82) is 5.41 Å². The molecule has 102 valence electrons. The van der Waals surface area contributed by atoms with Crippen molar-refractivity contribution in [2.75, 3.05) is 0 Å². The minimum absolute atomic E-state index is 0.236. The van der Waals surface area contributed by atoms with Gasteiger partial charge in [-0.15, -0.1) is 13.2 Å². The first-order valence-electron chi connectivity index (χ1n) is 5.86. The maximum Gasteiger partial charge on any atom is 0.573 e. The van der Waals surface area contributed by atoms with E-state index < -0.39 is 6.36 Å². The molecule has 19 heavy (non-hydrogen) atoms. The highest BCUT2D eigenvalue weighted by Crippen LogP contribution is 2.33. The van der Waals surface area contributed by atoms with Crippen LogP contribution < -0.4 is 9.54 Å². The Balaban J connectivity index is 1.98. The number of nitrogens with one attached hydrogen (secondary N) is 1. The molecular weight excluding hydrogens is 277 g/mol. The molecule has 2 aromatic rings. The summed E-state index contributed by atoms with van der Waals surface area (Å²) in [4.78, 5) is 0.367. The van der Waals surface area contributed by atoms with Crippen LogP contribution in [0.25, 0.3) is 10.2 Å². The first-order chi connectivity index (χ1) is 8.92. The van der Waals surface area contributed by atoms with Gasteiger partial charge in [0.1, 0.15) is 5.75 Å². The van der Waals surface area contributed by atoms with Gasteiger partial charge in [0.25, 0.3) is 0 Å². The number of nitrogens with zero attached hydrogens (tertiary/aromatic N) is 1. The summed E-state index contributed by atoms with van der Waals surface area (Å²) in [7, 11) is 0. The van der Waals surface area contributed by atoms with Crippen molar-refractivity contribution in [3.8, 4) is 5.75 Å². The predicted octanol–water partition coefficient (Wildman–Crippen LogP) is 3.49. The van der Waals surface area contributed by atoms with Crippen molar-refractivity contribution >= 4 is 21.6 Å². The summed E-state index contributed by atoms with van der Waals surface area (Å²) in [5.74, 6) is 0.373. The molecule has 0 unspecified atom stereocenters. The fraction of sp³-hybridized carbons (Fsp3) is 0.417. The fourth-order valence-corrected chi connectivity index (χ4v) is 2.95. The molecule has 0 bridgehead atoms. The number of alkyl halides is 3. The van der Waals surface area contributed by atoms with Crippen molar-refractivity contribution < 1.29 is 17.9 Å². The van der Waals surface area contributed by atoms with Crippen molar-refractivity contribution in [1.82, 2.24) is 4.57 Å². The first-order valence-corrected chi connectivity index (χ1v) is 6.68. The predicted molar refractivity (Wildman–Crippen MR) is 65.1 cm³/mol. The molecule has 0 spiro atoms. The molecule has 1 aliphatic rings. The number of thiazole rings is 1. The summed E-state index contributed by atoms with van der Waals surface area (Å²) in [6, 6.07) is 4.23. The standard InChI is InChI=1S/C12H11F3N2OS/c13-12(14,15)18-8-3-4-9-10(5-8)19-11(16)17(9)6-7-1-2-7/h3-5,7,16H,1-2,6H2. The van der Waals surface area contributed by atoms with Crippen LogP contribution >= 0.6 is 11.3 Å². The van der Waals surface area contributed by atoms with E-state index in [1.165, 1.54) is 36.3 Å². The Kier molecular flexibility index (Phi) is 2.81. The summed E-state index contributed by atoms with van der Waals surface area (Å²) in [5, 5.41) is 7.89. The van der Waals surface area contributed by atoms with Crippen LogP contribution in [-0.4, -0.2) is 10.9 Å². The van der Waals surface area contributed by atoms with Gasteiger partial charge in [-0.1, -0.05) is 11.3 Å². The zero-order valence-corrected chi connectivity index (χ0v) is 10.6. The molecular formula is C12H11F3N2OS. The minimum atomic E-state index is -4.68. The van der Waals surface area contributed by atoms with Crippen LogP contribution in [0, 0.1) is 11.3 Å². The lowest BCUT2D eigenvalue weighted by Crippen LogP contribution is -2.17. The van der Waals surface area contributed by atoms with E-state index in [2.05, 4.69) is 4.74 Å². The smallest absolute Gasteiger partial charge is 0.406 e. The molecule has 1 N–H and O–H groups in total. The Bertz CT molecular complexity index is 670. The molecule has 0 atom stereocenters. The van der Waals surface area contributed by atoms with Gasteiger partial charge in [-0.3, -0.25) is 5.41 Å². The van der Waals surface area contributed by atoms with Gasteiger partial charge in [-0.2, -0.15) is 0 Å². The SMILES string of the molecule is N=c1sc2cc(OC(F)(F)F)ccc2n1CC1CC1. The minimum Gasteiger partial charge on any atom is -0.406 e. The van der Waals surface area contributed by atoms with Crippen molar-refractivity contribution in [3.05, 3.63) is 23.0 Å². The third kappa shape index (κ3) is 2.75. The van der Waals surface area contributed by atoms with E-state index in [0.717, 1.165) is 12.1 Å². The Labute approximate surface area is 110 Å². The second-order valence-electron chi connectivity index (χ2n) is 4.64. The van der Waals surface area contributed by atoms with Crippen molar-refractivity contribution in [2.24, 2.45) is 5.92 Å². The van der Waals surface area contributed by atoms with E-state index in [-0.39, 0.29) is 5.75 Å². The summed E-state index contributed by atoms with van der Waals surface area (Å²) < 4.78 is 42.8. The summed E-state index contributed by atoms with van der Waals surface area (Å²) in [5.41, 5.74) is 0.802. The van der Waals surface area contributed by atoms with Gasteiger partial charge in [-0.25, -0.2) is 0 Å². The number of hydrogen-bond donors (Lipinski definition) is 1. The quantitative estimate of drug-likeness (QED) is 0.922. The molecule has 1 aromatic carbocycles. The number of halogens is 3. The molecule has 0 radical (unpaired) electrons. The lowest BCUT2D eigenvalue weighted by Gasteiger charge is -2.09. The maximum atomic E-state index is 12.1. The lowest BCUT2D eigenvalue weighted by atomic mass is 10.3. The van der Waals surface area contributed by atoms with Crippen LogP contribution in [0.2, 0.25) is 0 Å². The average Bonchev–Trinajstić information content (AvgIpc) is 3.03. The van der Waals surface area contributed by atoms with Crippen molar-refractivity contribution in [2.45, 2.75) is 25.7 Å². The van der Waals surface area contributed by atoms with Crippen molar-refractivity contribution in [3.63, 3.8) is 0 Å². The molecule has 1 aliphatic carbocycles. The third-order valence-corrected chi connectivity index (χ3v) is 4.01. The zero-order chi connectivity index (χ0) is 13.6. The monoisotopic (exact) mass is 288 g/mol. The summed E-state index contributed by atoms with van der Waals surface area (Å²) in [6.07, 6.45) is -2.35. The fourth-order valence-electron chi connectivity index (χ4n) is 2.00. The Morgan fingerprint density at radius 1 is 1.37 bits per heavy atom. The second-order valence-corrected chi connectivity index (χ2v) is 5.67. The average molecular weight is 288 g/mol. The second kappa shape index (κ2) is 4.26.